The Bertz CT molecular complexity index is 1030. The zero-order valence-corrected chi connectivity index (χ0v) is 23.0. The van der Waals surface area contributed by atoms with Gasteiger partial charge in [0.1, 0.15) is 16.4 Å². The molecule has 0 aliphatic heterocycles. The molecule has 1 unspecified atom stereocenters. The molecule has 0 saturated carbocycles. The van der Waals surface area contributed by atoms with Gasteiger partial charge in [0.05, 0.1) is 13.7 Å². The molecule has 0 aliphatic rings. The van der Waals surface area contributed by atoms with Crippen molar-refractivity contribution in [2.75, 3.05) is 20.3 Å². The van der Waals surface area contributed by atoms with E-state index in [4.69, 9.17) is 25.5 Å². The van der Waals surface area contributed by atoms with Crippen molar-refractivity contribution in [2.24, 2.45) is 0 Å². The van der Waals surface area contributed by atoms with Crippen LogP contribution in [0.25, 0.3) is 0 Å². The molecular weight excluding hydrogens is 460 g/mol. The van der Waals surface area contributed by atoms with Crippen molar-refractivity contribution >= 4 is 19.9 Å². The molecule has 34 heavy (non-hydrogen) atoms. The topological polar surface area (TPSA) is 27.7 Å². The van der Waals surface area contributed by atoms with Crippen LogP contribution in [-0.2, 0) is 9.30 Å². The summed E-state index contributed by atoms with van der Waals surface area (Å²) in [6, 6.07) is 26.2. The highest BCUT2D eigenvalue weighted by Crippen LogP contribution is 2.44. The van der Waals surface area contributed by atoms with Crippen LogP contribution in [0.4, 0.5) is 0 Å². The van der Waals surface area contributed by atoms with Crippen molar-refractivity contribution in [1.29, 1.82) is 0 Å². The second-order valence-electron chi connectivity index (χ2n) is 10.1. The standard InChI is InChI=1S/C29H37ClO3Si/c1-28(2,3)34(5,6)33-22-10-21-32-27-19-15-25(16-20-27)29(30,23-11-8-7-9-12-23)24-13-17-26(31-4)18-14-24/h7-9,11-20H,10,21-22H2,1-6H3. The number of alkyl halides is 1. The highest BCUT2D eigenvalue weighted by Gasteiger charge is 2.37. The molecule has 0 N–H and O–H groups in total. The van der Waals surface area contributed by atoms with Crippen LogP contribution in [0.15, 0.2) is 78.9 Å². The molecule has 3 aromatic carbocycles. The van der Waals surface area contributed by atoms with Crippen molar-refractivity contribution in [3.8, 4) is 11.5 Å². The highest BCUT2D eigenvalue weighted by molar-refractivity contribution is 6.74. The van der Waals surface area contributed by atoms with Gasteiger partial charge in [0.2, 0.25) is 0 Å². The molecule has 0 aliphatic carbocycles. The quantitative estimate of drug-likeness (QED) is 0.123. The van der Waals surface area contributed by atoms with Gasteiger partial charge >= 0.3 is 0 Å². The molecule has 0 saturated heterocycles. The fraction of sp³-hybridized carbons (Fsp3) is 0.379. The summed E-state index contributed by atoms with van der Waals surface area (Å²) in [5, 5.41) is 0.223. The van der Waals surface area contributed by atoms with E-state index >= 15 is 0 Å². The van der Waals surface area contributed by atoms with Gasteiger partial charge in [-0.3, -0.25) is 0 Å². The Balaban J connectivity index is 1.71. The van der Waals surface area contributed by atoms with Crippen LogP contribution < -0.4 is 9.47 Å². The van der Waals surface area contributed by atoms with E-state index in [-0.39, 0.29) is 5.04 Å². The van der Waals surface area contributed by atoms with Gasteiger partial charge in [-0.1, -0.05) is 75.4 Å². The van der Waals surface area contributed by atoms with E-state index in [0.29, 0.717) is 6.61 Å². The first kappa shape index (κ1) is 26.3. The lowest BCUT2D eigenvalue weighted by Crippen LogP contribution is -2.41. The second-order valence-corrected chi connectivity index (χ2v) is 15.5. The second kappa shape index (κ2) is 11.0. The molecule has 0 aromatic heterocycles. The molecule has 5 heteroatoms. The number of hydrogen-bond donors (Lipinski definition) is 0. The zero-order chi connectivity index (χ0) is 24.8. The highest BCUT2D eigenvalue weighted by atomic mass is 35.5. The van der Waals surface area contributed by atoms with Gasteiger partial charge in [-0.25, -0.2) is 0 Å². The van der Waals surface area contributed by atoms with Crippen molar-refractivity contribution < 1.29 is 13.9 Å². The third-order valence-corrected chi connectivity index (χ3v) is 11.9. The normalized spacial score (nSPS) is 13.9. The SMILES string of the molecule is COc1ccc(C(Cl)(c2ccccc2)c2ccc(OCCCO[Si](C)(C)C(C)(C)C)cc2)cc1. The summed E-state index contributed by atoms with van der Waals surface area (Å²) in [5.41, 5.74) is 2.98. The molecule has 0 bridgehead atoms. The van der Waals surface area contributed by atoms with Gasteiger partial charge in [0.25, 0.3) is 0 Å². The summed E-state index contributed by atoms with van der Waals surface area (Å²) in [6.45, 7) is 12.7. The number of hydrogen-bond acceptors (Lipinski definition) is 3. The van der Waals surface area contributed by atoms with Gasteiger partial charge in [-0.15, -0.1) is 11.6 Å². The first-order valence-corrected chi connectivity index (χ1v) is 15.1. The molecule has 0 spiro atoms. The molecule has 0 amide bonds. The Hall–Kier alpha value is -2.27. The summed E-state index contributed by atoms with van der Waals surface area (Å²) in [4.78, 5) is -0.816. The van der Waals surface area contributed by atoms with E-state index in [1.165, 1.54) is 0 Å². The first-order chi connectivity index (χ1) is 16.1. The maximum Gasteiger partial charge on any atom is 0.191 e. The van der Waals surface area contributed by atoms with Crippen LogP contribution in [0.5, 0.6) is 11.5 Å². The number of methoxy groups -OCH3 is 1. The molecule has 1 atom stereocenters. The van der Waals surface area contributed by atoms with Crippen LogP contribution in [0.1, 0.15) is 43.9 Å². The lowest BCUT2D eigenvalue weighted by atomic mass is 9.84. The average Bonchev–Trinajstić information content (AvgIpc) is 2.83. The van der Waals surface area contributed by atoms with Crippen molar-refractivity contribution in [3.05, 3.63) is 95.6 Å². The lowest BCUT2D eigenvalue weighted by molar-refractivity contribution is 0.234. The Morgan fingerprint density at radius 2 is 1.21 bits per heavy atom. The molecule has 0 radical (unpaired) electrons. The van der Waals surface area contributed by atoms with Crippen LogP contribution in [0.3, 0.4) is 0 Å². The third-order valence-electron chi connectivity index (χ3n) is 6.74. The molecule has 3 aromatic rings. The van der Waals surface area contributed by atoms with E-state index in [0.717, 1.165) is 41.2 Å². The summed E-state index contributed by atoms with van der Waals surface area (Å²) < 4.78 is 17.6. The maximum atomic E-state index is 7.39. The Kier molecular flexibility index (Phi) is 8.50. The Labute approximate surface area is 211 Å². The predicted octanol–water partition coefficient (Wildman–Crippen LogP) is 8.02. The predicted molar refractivity (Wildman–Crippen MR) is 145 cm³/mol. The van der Waals surface area contributed by atoms with E-state index in [9.17, 15) is 0 Å². The van der Waals surface area contributed by atoms with Crippen molar-refractivity contribution in [2.45, 2.75) is 50.2 Å². The zero-order valence-electron chi connectivity index (χ0n) is 21.2. The van der Waals surface area contributed by atoms with Gasteiger partial charge < -0.3 is 13.9 Å². The summed E-state index contributed by atoms with van der Waals surface area (Å²) in [5.74, 6) is 1.63. The third kappa shape index (κ3) is 6.04. The fourth-order valence-electron chi connectivity index (χ4n) is 3.56. The number of ether oxygens (including phenoxy) is 2. The molecule has 0 fully saturated rings. The largest absolute Gasteiger partial charge is 0.497 e. The summed E-state index contributed by atoms with van der Waals surface area (Å²) in [6.07, 6.45) is 0.865. The average molecular weight is 497 g/mol. The van der Waals surface area contributed by atoms with Crippen LogP contribution in [0.2, 0.25) is 18.1 Å². The molecular formula is C29H37ClO3Si. The first-order valence-electron chi connectivity index (χ1n) is 11.8. The monoisotopic (exact) mass is 496 g/mol. The minimum atomic E-state index is -1.71. The van der Waals surface area contributed by atoms with Crippen LogP contribution in [0, 0.1) is 0 Å². The number of benzene rings is 3. The van der Waals surface area contributed by atoms with Gasteiger partial charge in [0.15, 0.2) is 8.32 Å². The van der Waals surface area contributed by atoms with Crippen LogP contribution >= 0.6 is 11.6 Å². The van der Waals surface area contributed by atoms with E-state index in [2.05, 4.69) is 46.0 Å². The van der Waals surface area contributed by atoms with Gasteiger partial charge in [-0.2, -0.15) is 0 Å². The van der Waals surface area contributed by atoms with Crippen molar-refractivity contribution in [3.63, 3.8) is 0 Å². The maximum absolute atomic E-state index is 7.39. The molecule has 0 heterocycles. The van der Waals surface area contributed by atoms with Gasteiger partial charge in [-0.05, 0) is 59.1 Å². The Morgan fingerprint density at radius 3 is 1.71 bits per heavy atom. The smallest absolute Gasteiger partial charge is 0.191 e. The molecule has 3 nitrogen and oxygen atoms in total. The minimum Gasteiger partial charge on any atom is -0.497 e. The van der Waals surface area contributed by atoms with Crippen LogP contribution in [-0.4, -0.2) is 28.6 Å². The molecule has 182 valence electrons. The van der Waals surface area contributed by atoms with E-state index in [1.54, 1.807) is 7.11 Å². The van der Waals surface area contributed by atoms with Gasteiger partial charge in [0, 0.05) is 13.0 Å². The number of rotatable bonds is 10. The van der Waals surface area contributed by atoms with Crippen molar-refractivity contribution in [1.82, 2.24) is 0 Å². The van der Waals surface area contributed by atoms with E-state index < -0.39 is 13.2 Å². The lowest BCUT2D eigenvalue weighted by Gasteiger charge is -2.36. The molecule has 3 rings (SSSR count). The number of halogens is 1. The summed E-state index contributed by atoms with van der Waals surface area (Å²) in [7, 11) is -0.0463. The minimum absolute atomic E-state index is 0.223. The van der Waals surface area contributed by atoms with E-state index in [1.807, 2.05) is 66.7 Å². The fourth-order valence-corrected chi connectivity index (χ4v) is 5.03. The Morgan fingerprint density at radius 1 is 0.706 bits per heavy atom. The summed E-state index contributed by atoms with van der Waals surface area (Å²) >= 11 is 7.39.